The Morgan fingerprint density at radius 1 is 0.935 bits per heavy atom. The first-order chi connectivity index (χ1) is 22.4. The molecule has 4 aromatic rings. The molecule has 5 heterocycles. The molecule has 0 amide bonds. The first-order valence-corrected chi connectivity index (χ1v) is 18.8. The van der Waals surface area contributed by atoms with E-state index in [0.717, 1.165) is 87.2 Å². The standard InChI is InChI=1S/C36H45N7OS2/c1-24-4-9-31(33(20-24)46-30-13-16-41(2)17-14-30)32-21-27-23-38-36(39-28-7-5-25(6-8-28)26-10-15-37-22-26)40-34(27)43(35(32)44)29-11-18-42(45-3)19-12-29/h4-9,20-21,23,26,29-30,37H,10-19,22H2,1-3H3,(H,38,39,40). The van der Waals surface area contributed by atoms with Crippen LogP contribution in [0, 0.1) is 6.92 Å². The predicted molar refractivity (Wildman–Crippen MR) is 194 cm³/mol. The van der Waals surface area contributed by atoms with Gasteiger partial charge < -0.3 is 15.5 Å². The maximum atomic E-state index is 14.7. The molecule has 46 heavy (non-hydrogen) atoms. The highest BCUT2D eigenvalue weighted by Gasteiger charge is 2.27. The summed E-state index contributed by atoms with van der Waals surface area (Å²) in [5.74, 6) is 1.09. The van der Waals surface area contributed by atoms with Crippen LogP contribution in [0.25, 0.3) is 22.2 Å². The molecule has 7 rings (SSSR count). The number of hydrogen-bond acceptors (Lipinski definition) is 9. The number of hydrogen-bond donors (Lipinski definition) is 2. The highest BCUT2D eigenvalue weighted by molar-refractivity contribution is 8.00. The van der Waals surface area contributed by atoms with Gasteiger partial charge in [0.1, 0.15) is 5.65 Å². The topological polar surface area (TPSA) is 78.3 Å². The fourth-order valence-corrected chi connectivity index (χ4v) is 9.07. The Balaban J connectivity index is 1.26. The van der Waals surface area contributed by atoms with E-state index in [1.54, 1.807) is 11.9 Å². The SMILES string of the molecule is CSN1CCC(n2c(=O)c(-c3ccc(C)cc3SC3CCN(C)CC3)cc3cnc(Nc4ccc(C5CCNC5)cc4)nc32)CC1. The molecule has 10 heteroatoms. The van der Waals surface area contributed by atoms with Gasteiger partial charge in [-0.3, -0.25) is 13.7 Å². The Kier molecular flexibility index (Phi) is 9.70. The van der Waals surface area contributed by atoms with Crippen LogP contribution in [0.1, 0.15) is 55.2 Å². The Hall–Kier alpha value is -2.89. The number of piperidine rings is 2. The lowest BCUT2D eigenvalue weighted by Gasteiger charge is -2.32. The van der Waals surface area contributed by atoms with E-state index >= 15 is 0 Å². The van der Waals surface area contributed by atoms with Crippen molar-refractivity contribution in [2.75, 3.05) is 57.9 Å². The number of pyridine rings is 1. The Bertz CT molecular complexity index is 1720. The highest BCUT2D eigenvalue weighted by Crippen LogP contribution is 2.38. The minimum atomic E-state index is 0.0448. The molecule has 1 unspecified atom stereocenters. The van der Waals surface area contributed by atoms with E-state index in [1.807, 2.05) is 28.6 Å². The second-order valence-corrected chi connectivity index (χ2v) is 15.3. The highest BCUT2D eigenvalue weighted by atomic mass is 32.2. The van der Waals surface area contributed by atoms with Gasteiger partial charge in [0.25, 0.3) is 5.56 Å². The van der Waals surface area contributed by atoms with Gasteiger partial charge in [0, 0.05) is 64.2 Å². The minimum absolute atomic E-state index is 0.0448. The molecule has 242 valence electrons. The molecule has 8 nitrogen and oxygen atoms in total. The summed E-state index contributed by atoms with van der Waals surface area (Å²) in [7, 11) is 2.20. The molecule has 0 saturated carbocycles. The number of thioether (sulfide) groups is 1. The number of anilines is 2. The zero-order chi connectivity index (χ0) is 31.6. The summed E-state index contributed by atoms with van der Waals surface area (Å²) in [6, 6.07) is 17.3. The average molecular weight is 656 g/mol. The third-order valence-corrected chi connectivity index (χ3v) is 12.2. The molecule has 1 atom stereocenters. The summed E-state index contributed by atoms with van der Waals surface area (Å²) in [4.78, 5) is 28.1. The molecule has 2 N–H and O–H groups in total. The van der Waals surface area contributed by atoms with Crippen molar-refractivity contribution < 1.29 is 0 Å². The van der Waals surface area contributed by atoms with Crippen LogP contribution in [0.15, 0.2) is 64.4 Å². The van der Waals surface area contributed by atoms with Crippen LogP contribution in [0.5, 0.6) is 0 Å². The summed E-state index contributed by atoms with van der Waals surface area (Å²) < 4.78 is 4.38. The molecule has 3 aliphatic rings. The van der Waals surface area contributed by atoms with Crippen molar-refractivity contribution in [1.29, 1.82) is 0 Å². The lowest BCUT2D eigenvalue weighted by atomic mass is 9.98. The van der Waals surface area contributed by atoms with Gasteiger partial charge in [0.2, 0.25) is 5.95 Å². The Morgan fingerprint density at radius 3 is 2.43 bits per heavy atom. The Labute approximate surface area is 280 Å². The normalized spacial score (nSPS) is 20.5. The summed E-state index contributed by atoms with van der Waals surface area (Å²) in [6.45, 7) is 8.39. The molecule has 2 aromatic carbocycles. The second-order valence-electron chi connectivity index (χ2n) is 13.1. The summed E-state index contributed by atoms with van der Waals surface area (Å²) in [5, 5.41) is 8.32. The fraction of sp³-hybridized carbons (Fsp3) is 0.472. The smallest absolute Gasteiger partial charge is 0.260 e. The number of fused-ring (bicyclic) bond motifs is 1. The van der Waals surface area contributed by atoms with Crippen LogP contribution in [0.2, 0.25) is 0 Å². The summed E-state index contributed by atoms with van der Waals surface area (Å²) >= 11 is 3.73. The number of aryl methyl sites for hydroxylation is 1. The number of nitrogens with zero attached hydrogens (tertiary/aromatic N) is 5. The molecule has 3 saturated heterocycles. The minimum Gasteiger partial charge on any atom is -0.324 e. The quantitative estimate of drug-likeness (QED) is 0.202. The molecule has 2 aromatic heterocycles. The fourth-order valence-electron chi connectivity index (χ4n) is 7.13. The van der Waals surface area contributed by atoms with Gasteiger partial charge in [-0.05, 0) is 113 Å². The van der Waals surface area contributed by atoms with Gasteiger partial charge in [-0.15, -0.1) is 11.8 Å². The van der Waals surface area contributed by atoms with E-state index in [2.05, 4.69) is 82.5 Å². The third-order valence-electron chi connectivity index (χ3n) is 9.91. The van der Waals surface area contributed by atoms with Gasteiger partial charge in [-0.1, -0.05) is 36.2 Å². The monoisotopic (exact) mass is 655 g/mol. The van der Waals surface area contributed by atoms with Crippen molar-refractivity contribution in [3.8, 4) is 11.1 Å². The molecule has 0 bridgehead atoms. The molecule has 3 fully saturated rings. The van der Waals surface area contributed by atoms with Gasteiger partial charge in [-0.2, -0.15) is 4.98 Å². The van der Waals surface area contributed by atoms with Crippen LogP contribution in [0.3, 0.4) is 0 Å². The molecule has 0 aliphatic carbocycles. The van der Waals surface area contributed by atoms with E-state index in [9.17, 15) is 4.79 Å². The van der Waals surface area contributed by atoms with E-state index in [1.165, 1.54) is 22.4 Å². The average Bonchev–Trinajstić information content (AvgIpc) is 3.62. The zero-order valence-electron chi connectivity index (χ0n) is 27.2. The first-order valence-electron chi connectivity index (χ1n) is 16.7. The van der Waals surface area contributed by atoms with E-state index in [0.29, 0.717) is 22.8 Å². The molecular formula is C36H45N7OS2. The number of benzene rings is 2. The number of nitrogens with one attached hydrogen (secondary N) is 2. The number of rotatable bonds is 8. The predicted octanol–water partition coefficient (Wildman–Crippen LogP) is 6.69. The molecular weight excluding hydrogens is 611 g/mol. The molecule has 0 radical (unpaired) electrons. The lowest BCUT2D eigenvalue weighted by Crippen LogP contribution is -2.35. The third kappa shape index (κ3) is 6.87. The van der Waals surface area contributed by atoms with Crippen molar-refractivity contribution in [2.24, 2.45) is 0 Å². The largest absolute Gasteiger partial charge is 0.324 e. The van der Waals surface area contributed by atoms with Crippen LogP contribution in [-0.2, 0) is 0 Å². The van der Waals surface area contributed by atoms with E-state index in [4.69, 9.17) is 9.97 Å². The van der Waals surface area contributed by atoms with Crippen molar-refractivity contribution in [3.63, 3.8) is 0 Å². The lowest BCUT2D eigenvalue weighted by molar-refractivity contribution is 0.282. The van der Waals surface area contributed by atoms with Crippen LogP contribution in [0.4, 0.5) is 11.6 Å². The van der Waals surface area contributed by atoms with Crippen molar-refractivity contribution in [2.45, 2.75) is 61.1 Å². The summed E-state index contributed by atoms with van der Waals surface area (Å²) in [5.41, 5.74) is 6.05. The first kappa shape index (κ1) is 31.7. The molecule has 0 spiro atoms. The van der Waals surface area contributed by atoms with Crippen molar-refractivity contribution in [1.82, 2.24) is 29.1 Å². The van der Waals surface area contributed by atoms with E-state index in [-0.39, 0.29) is 11.6 Å². The van der Waals surface area contributed by atoms with Gasteiger partial charge in [0.05, 0.1) is 0 Å². The maximum absolute atomic E-state index is 14.7. The second kappa shape index (κ2) is 14.1. The number of aromatic nitrogens is 3. The van der Waals surface area contributed by atoms with Crippen molar-refractivity contribution in [3.05, 3.63) is 76.2 Å². The number of likely N-dealkylation sites (tertiary alicyclic amines) is 1. The summed E-state index contributed by atoms with van der Waals surface area (Å²) in [6.07, 6.45) is 9.34. The van der Waals surface area contributed by atoms with Gasteiger partial charge in [-0.25, -0.2) is 4.98 Å². The van der Waals surface area contributed by atoms with Gasteiger partial charge >= 0.3 is 0 Å². The zero-order valence-corrected chi connectivity index (χ0v) is 28.8. The van der Waals surface area contributed by atoms with Crippen LogP contribution < -0.4 is 16.2 Å². The van der Waals surface area contributed by atoms with Gasteiger partial charge in [0.15, 0.2) is 0 Å². The Morgan fingerprint density at radius 2 is 1.72 bits per heavy atom. The van der Waals surface area contributed by atoms with Crippen LogP contribution in [-0.4, -0.2) is 81.6 Å². The van der Waals surface area contributed by atoms with E-state index < -0.39 is 0 Å². The van der Waals surface area contributed by atoms with Crippen LogP contribution >= 0.6 is 23.7 Å². The van der Waals surface area contributed by atoms with Crippen molar-refractivity contribution >= 4 is 46.4 Å². The molecule has 3 aliphatic heterocycles. The maximum Gasteiger partial charge on any atom is 0.260 e.